The molecule has 8 nitrogen and oxygen atoms in total. The number of hydrogen-bond donors (Lipinski definition) is 2. The first-order valence-corrected chi connectivity index (χ1v) is 6.72. The van der Waals surface area contributed by atoms with E-state index in [1.54, 1.807) is 20.8 Å². The fraction of sp³-hybridized carbons (Fsp3) is 0.733. The number of carbonyl (C=O) groups is 4. The second kappa shape index (κ2) is 12.6. The molecule has 2 N–H and O–H groups in total. The summed E-state index contributed by atoms with van der Waals surface area (Å²) in [7, 11) is 0. The lowest BCUT2D eigenvalue weighted by Crippen LogP contribution is -2.29. The molecule has 0 aromatic rings. The number of rotatable bonds is 6. The van der Waals surface area contributed by atoms with Crippen molar-refractivity contribution in [1.82, 2.24) is 0 Å². The van der Waals surface area contributed by atoms with E-state index in [2.05, 4.69) is 4.74 Å². The van der Waals surface area contributed by atoms with Gasteiger partial charge in [0.05, 0.1) is 5.92 Å². The maximum Gasteiger partial charge on any atom is 0.344 e. The second-order valence-electron chi connectivity index (χ2n) is 4.94. The highest BCUT2D eigenvalue weighted by Gasteiger charge is 2.19. The van der Waals surface area contributed by atoms with Crippen molar-refractivity contribution in [2.24, 2.45) is 5.92 Å². The van der Waals surface area contributed by atoms with Crippen molar-refractivity contribution < 1.29 is 38.9 Å². The first kappa shape index (κ1) is 26.0. The third kappa shape index (κ3) is 13.4. The number of aliphatic hydroxyl groups excluding tert-OH is 1. The third-order valence-electron chi connectivity index (χ3n) is 2.32. The lowest BCUT2D eigenvalue weighted by Gasteiger charge is -2.11. The van der Waals surface area contributed by atoms with Gasteiger partial charge < -0.3 is 19.7 Å². The minimum absolute atomic E-state index is 0. The molecule has 0 aromatic heterocycles. The molecule has 0 rings (SSSR count). The molecule has 0 aromatic carbocycles. The average Bonchev–Trinajstić information content (AvgIpc) is 2.38. The number of carboxylic acid groups (broad SMARTS) is 1. The van der Waals surface area contributed by atoms with Crippen molar-refractivity contribution in [3.8, 4) is 0 Å². The molecule has 0 amide bonds. The van der Waals surface area contributed by atoms with E-state index < -0.39 is 30.3 Å². The summed E-state index contributed by atoms with van der Waals surface area (Å²) in [5.74, 6) is -2.79. The predicted molar refractivity (Wildman–Crippen MR) is 82.7 cm³/mol. The topological polar surface area (TPSA) is 127 Å². The van der Waals surface area contributed by atoms with Crippen molar-refractivity contribution in [2.45, 2.75) is 67.3 Å². The molecular formula is C15H28O8. The van der Waals surface area contributed by atoms with E-state index in [0.29, 0.717) is 0 Å². The van der Waals surface area contributed by atoms with Gasteiger partial charge in [-0.05, 0) is 27.7 Å². The molecule has 0 saturated carbocycles. The van der Waals surface area contributed by atoms with E-state index in [1.165, 1.54) is 20.8 Å². The van der Waals surface area contributed by atoms with Crippen LogP contribution in [0, 0.1) is 5.92 Å². The minimum Gasteiger partial charge on any atom is -0.479 e. The molecule has 0 spiro atoms. The summed E-state index contributed by atoms with van der Waals surface area (Å²) in [4.78, 5) is 42.1. The van der Waals surface area contributed by atoms with Crippen LogP contribution in [0.1, 0.15) is 49.0 Å². The third-order valence-corrected chi connectivity index (χ3v) is 2.32. The molecule has 0 aliphatic heterocycles. The van der Waals surface area contributed by atoms with Crippen LogP contribution in [0.15, 0.2) is 0 Å². The highest BCUT2D eigenvalue weighted by Crippen LogP contribution is 2.00. The Morgan fingerprint density at radius 2 is 1.22 bits per heavy atom. The first-order valence-electron chi connectivity index (χ1n) is 6.72. The fourth-order valence-electron chi connectivity index (χ4n) is 0.716. The normalized spacial score (nSPS) is 13.4. The van der Waals surface area contributed by atoms with E-state index in [1.807, 2.05) is 0 Å². The van der Waals surface area contributed by atoms with Crippen LogP contribution in [-0.2, 0) is 28.7 Å². The second-order valence-corrected chi connectivity index (χ2v) is 4.94. The highest BCUT2D eigenvalue weighted by molar-refractivity contribution is 5.83. The molecule has 0 bridgehead atoms. The highest BCUT2D eigenvalue weighted by atomic mass is 16.6. The zero-order chi connectivity index (χ0) is 18.0. The van der Waals surface area contributed by atoms with Crippen LogP contribution in [0.3, 0.4) is 0 Å². The van der Waals surface area contributed by atoms with Gasteiger partial charge in [0.25, 0.3) is 0 Å². The molecule has 0 radical (unpaired) electrons. The maximum absolute atomic E-state index is 10.9. The molecule has 23 heavy (non-hydrogen) atoms. The Hall–Kier alpha value is -1.96. The smallest absolute Gasteiger partial charge is 0.344 e. The van der Waals surface area contributed by atoms with E-state index in [0.717, 1.165) is 0 Å². The van der Waals surface area contributed by atoms with Gasteiger partial charge in [-0.15, -0.1) is 0 Å². The lowest BCUT2D eigenvalue weighted by atomic mass is 10.2. The minimum atomic E-state index is -1.28. The van der Waals surface area contributed by atoms with Crippen molar-refractivity contribution in [3.63, 3.8) is 0 Å². The molecular weight excluding hydrogens is 308 g/mol. The van der Waals surface area contributed by atoms with Crippen LogP contribution < -0.4 is 0 Å². The van der Waals surface area contributed by atoms with Gasteiger partial charge in [0.1, 0.15) is 6.10 Å². The number of ketones is 1. The summed E-state index contributed by atoms with van der Waals surface area (Å²) in [5.41, 5.74) is 0. The fourth-order valence-corrected chi connectivity index (χ4v) is 0.716. The molecule has 0 aliphatic rings. The van der Waals surface area contributed by atoms with Crippen LogP contribution in [0.25, 0.3) is 0 Å². The predicted octanol–water partition coefficient (Wildman–Crippen LogP) is 1.18. The molecule has 0 aliphatic carbocycles. The standard InChI is InChI=1S/C8H14O3.C6H10O5.CH4/c1-5(2)8(10)11-7(4)6(3)9;1-3(7)6(10)11-4(2)5(8)9;/h5,7H,1-4H3;3-4,7H,1-2H3,(H,8,9);1H4/t7-;3-,4-;/m00./s1. The van der Waals surface area contributed by atoms with Crippen LogP contribution in [0.4, 0.5) is 0 Å². The van der Waals surface area contributed by atoms with Gasteiger partial charge in [-0.3, -0.25) is 9.59 Å². The molecule has 136 valence electrons. The Kier molecular flexibility index (Phi) is 14.2. The quantitative estimate of drug-likeness (QED) is 0.692. The summed E-state index contributed by atoms with van der Waals surface area (Å²) in [6, 6.07) is 0. The van der Waals surface area contributed by atoms with Crippen LogP contribution in [0.5, 0.6) is 0 Å². The number of carboxylic acids is 1. The molecule has 0 fully saturated rings. The number of aliphatic hydroxyl groups is 1. The lowest BCUT2D eigenvalue weighted by molar-refractivity contribution is -0.168. The number of esters is 2. The summed E-state index contributed by atoms with van der Waals surface area (Å²) in [5, 5.41) is 16.8. The number of Topliss-reactive ketones (excluding diaryl/α,β-unsaturated/α-hetero) is 1. The Balaban J connectivity index is -0.000000333. The van der Waals surface area contributed by atoms with Crippen molar-refractivity contribution >= 4 is 23.7 Å². The van der Waals surface area contributed by atoms with Gasteiger partial charge in [0.2, 0.25) is 0 Å². The van der Waals surface area contributed by atoms with E-state index in [9.17, 15) is 19.2 Å². The van der Waals surface area contributed by atoms with Crippen LogP contribution in [-0.4, -0.2) is 52.2 Å². The van der Waals surface area contributed by atoms with Gasteiger partial charge in [0, 0.05) is 0 Å². The van der Waals surface area contributed by atoms with Crippen molar-refractivity contribution in [3.05, 3.63) is 0 Å². The Bertz CT molecular complexity index is 362. The van der Waals surface area contributed by atoms with Gasteiger partial charge in [0.15, 0.2) is 18.0 Å². The number of ether oxygens (including phenoxy) is 2. The summed E-state index contributed by atoms with van der Waals surface area (Å²) in [6.45, 7) is 8.85. The van der Waals surface area contributed by atoms with Crippen molar-refractivity contribution in [2.75, 3.05) is 0 Å². The summed E-state index contributed by atoms with van der Waals surface area (Å²) < 4.78 is 9.07. The number of aliphatic carboxylic acids is 1. The Morgan fingerprint density at radius 1 is 0.826 bits per heavy atom. The van der Waals surface area contributed by atoms with E-state index >= 15 is 0 Å². The summed E-state index contributed by atoms with van der Waals surface area (Å²) in [6.07, 6.45) is -3.10. The zero-order valence-corrected chi connectivity index (χ0v) is 13.7. The molecule has 0 unspecified atom stereocenters. The van der Waals surface area contributed by atoms with E-state index in [-0.39, 0.29) is 25.1 Å². The number of hydrogen-bond acceptors (Lipinski definition) is 7. The first-order chi connectivity index (χ1) is 9.89. The van der Waals surface area contributed by atoms with Gasteiger partial charge in [-0.25, -0.2) is 9.59 Å². The van der Waals surface area contributed by atoms with Crippen LogP contribution >= 0.6 is 0 Å². The van der Waals surface area contributed by atoms with Gasteiger partial charge in [-0.1, -0.05) is 21.3 Å². The van der Waals surface area contributed by atoms with Gasteiger partial charge >= 0.3 is 17.9 Å². The monoisotopic (exact) mass is 336 g/mol. The Labute approximate surface area is 136 Å². The van der Waals surface area contributed by atoms with Gasteiger partial charge in [-0.2, -0.15) is 0 Å². The largest absolute Gasteiger partial charge is 0.479 e. The van der Waals surface area contributed by atoms with Crippen LogP contribution in [0.2, 0.25) is 0 Å². The molecule has 3 atom stereocenters. The summed E-state index contributed by atoms with van der Waals surface area (Å²) >= 11 is 0. The van der Waals surface area contributed by atoms with E-state index in [4.69, 9.17) is 14.9 Å². The zero-order valence-electron chi connectivity index (χ0n) is 13.7. The van der Waals surface area contributed by atoms with Crippen molar-refractivity contribution in [1.29, 1.82) is 0 Å². The molecule has 0 saturated heterocycles. The Morgan fingerprint density at radius 3 is 1.48 bits per heavy atom. The average molecular weight is 336 g/mol. The maximum atomic E-state index is 10.9. The SMILES string of the molecule is C.CC(=O)[C@H](C)OC(=O)C(C)C.C[C@H](O)C(=O)O[C@@H](C)C(=O)O. The molecule has 0 heterocycles. The molecule has 8 heteroatoms. The number of carbonyl (C=O) groups excluding carboxylic acids is 3.